The van der Waals surface area contributed by atoms with Crippen LogP contribution in [-0.2, 0) is 0 Å². The SMILES string of the molecule is c1ccc2c(c1)Oc1cc(-c3ccc4c5c(c6ccccc6c4c3)Oc3cccc4c3B5c3ccccc3O4)cc3c1B2c1c(ccc2ccccc12)O3. The predicted octanol–water partition coefficient (Wildman–Crippen LogP) is 8.27. The molecule has 0 N–H and O–H groups in total. The highest BCUT2D eigenvalue weighted by Gasteiger charge is 2.43. The van der Waals surface area contributed by atoms with Crippen molar-refractivity contribution in [3.63, 3.8) is 0 Å². The lowest BCUT2D eigenvalue weighted by Crippen LogP contribution is -2.57. The summed E-state index contributed by atoms with van der Waals surface area (Å²) in [5, 5.41) is 6.97. The van der Waals surface area contributed by atoms with Crippen molar-refractivity contribution in [1.29, 1.82) is 0 Å². The summed E-state index contributed by atoms with van der Waals surface area (Å²) in [6, 6.07) is 55.6. The third kappa shape index (κ3) is 3.74. The van der Waals surface area contributed by atoms with E-state index in [4.69, 9.17) is 18.9 Å². The zero-order valence-corrected chi connectivity index (χ0v) is 28.8. The molecule has 0 amide bonds. The lowest BCUT2D eigenvalue weighted by molar-refractivity contribution is 0.465. The van der Waals surface area contributed by atoms with Gasteiger partial charge in [0.1, 0.15) is 46.0 Å². The van der Waals surface area contributed by atoms with Gasteiger partial charge in [0.15, 0.2) is 0 Å². The molecule has 0 unspecified atom stereocenters. The molecule has 0 saturated carbocycles. The Morgan fingerprint density at radius 2 is 0.870 bits per heavy atom. The fourth-order valence-corrected chi connectivity index (χ4v) is 9.63. The topological polar surface area (TPSA) is 36.9 Å². The third-order valence-electron chi connectivity index (χ3n) is 11.9. The molecule has 54 heavy (non-hydrogen) atoms. The first-order valence-corrected chi connectivity index (χ1v) is 18.5. The number of benzene rings is 9. The van der Waals surface area contributed by atoms with Crippen LogP contribution in [0.4, 0.5) is 0 Å². The molecule has 0 aromatic heterocycles. The maximum Gasteiger partial charge on any atom is 0.261 e. The molecule has 9 aromatic carbocycles. The first-order chi connectivity index (χ1) is 26.8. The van der Waals surface area contributed by atoms with Crippen LogP contribution >= 0.6 is 0 Å². The van der Waals surface area contributed by atoms with Gasteiger partial charge >= 0.3 is 0 Å². The molecule has 248 valence electrons. The molecule has 4 heterocycles. The lowest BCUT2D eigenvalue weighted by Gasteiger charge is -2.34. The summed E-state index contributed by atoms with van der Waals surface area (Å²) in [5.41, 5.74) is 8.94. The second-order valence-electron chi connectivity index (χ2n) is 14.7. The third-order valence-corrected chi connectivity index (χ3v) is 11.9. The van der Waals surface area contributed by atoms with Crippen LogP contribution in [0.25, 0.3) is 43.4 Å². The van der Waals surface area contributed by atoms with E-state index in [1.807, 2.05) is 18.2 Å². The van der Waals surface area contributed by atoms with E-state index in [0.717, 1.165) is 95.1 Å². The van der Waals surface area contributed by atoms with Crippen LogP contribution < -0.4 is 51.7 Å². The first kappa shape index (κ1) is 28.6. The van der Waals surface area contributed by atoms with Gasteiger partial charge in [0, 0.05) is 16.3 Å². The van der Waals surface area contributed by atoms with Crippen LogP contribution in [0, 0.1) is 0 Å². The minimum absolute atomic E-state index is 0.00830. The highest BCUT2D eigenvalue weighted by molar-refractivity contribution is 7.00. The number of rotatable bonds is 1. The minimum Gasteiger partial charge on any atom is -0.458 e. The standard InChI is InChI=1S/C48H26B2O4/c1-2-11-30-27(10-1)21-23-41-44(30)49-35-14-5-8-17-38(35)52-42-25-29(26-43(53-41)47(42)49)28-20-22-32-34(24-28)31-12-3-4-13-33(31)48-45(32)50-36-15-6-7-16-37(36)51-39-18-9-19-40(54-48)46(39)50/h1-26H. The van der Waals surface area contributed by atoms with E-state index in [1.54, 1.807) is 0 Å². The summed E-state index contributed by atoms with van der Waals surface area (Å²) in [4.78, 5) is 0. The normalized spacial score (nSPS) is 13.7. The monoisotopic (exact) mass is 688 g/mol. The summed E-state index contributed by atoms with van der Waals surface area (Å²) in [6.07, 6.45) is 0. The average molecular weight is 688 g/mol. The van der Waals surface area contributed by atoms with Crippen molar-refractivity contribution in [2.75, 3.05) is 0 Å². The number of para-hydroxylation sites is 2. The average Bonchev–Trinajstić information content (AvgIpc) is 3.23. The van der Waals surface area contributed by atoms with E-state index in [1.165, 1.54) is 27.1 Å². The van der Waals surface area contributed by atoms with Gasteiger partial charge in [-0.05, 0) is 108 Å². The molecular formula is C48H26B2O4. The fraction of sp³-hybridized carbons (Fsp3) is 0. The Balaban J connectivity index is 1.04. The van der Waals surface area contributed by atoms with Crippen LogP contribution in [0.15, 0.2) is 158 Å². The number of fused-ring (bicyclic) bond motifs is 15. The lowest BCUT2D eigenvalue weighted by atomic mass is 9.34. The fourth-order valence-electron chi connectivity index (χ4n) is 9.63. The van der Waals surface area contributed by atoms with Crippen molar-refractivity contribution < 1.29 is 18.9 Å². The summed E-state index contributed by atoms with van der Waals surface area (Å²) < 4.78 is 26.9. The van der Waals surface area contributed by atoms with Gasteiger partial charge in [0.2, 0.25) is 0 Å². The van der Waals surface area contributed by atoms with Gasteiger partial charge in [-0.1, -0.05) is 109 Å². The summed E-state index contributed by atoms with van der Waals surface area (Å²) >= 11 is 0. The number of hydrogen-bond acceptors (Lipinski definition) is 4. The predicted molar refractivity (Wildman–Crippen MR) is 220 cm³/mol. The van der Waals surface area contributed by atoms with Gasteiger partial charge in [-0.3, -0.25) is 0 Å². The molecule has 0 saturated heterocycles. The highest BCUT2D eigenvalue weighted by atomic mass is 16.5. The molecule has 6 heteroatoms. The maximum absolute atomic E-state index is 6.86. The van der Waals surface area contributed by atoms with E-state index in [0.29, 0.717) is 0 Å². The number of ether oxygens (including phenoxy) is 4. The van der Waals surface area contributed by atoms with Crippen molar-refractivity contribution in [1.82, 2.24) is 0 Å². The van der Waals surface area contributed by atoms with Crippen molar-refractivity contribution in [3.05, 3.63) is 158 Å². The van der Waals surface area contributed by atoms with E-state index in [9.17, 15) is 0 Å². The Kier molecular flexibility index (Phi) is 5.50. The molecule has 0 fully saturated rings. The maximum atomic E-state index is 6.86. The van der Waals surface area contributed by atoms with E-state index < -0.39 is 0 Å². The molecule has 4 aliphatic rings. The zero-order valence-electron chi connectivity index (χ0n) is 28.8. The van der Waals surface area contributed by atoms with Gasteiger partial charge in [0.25, 0.3) is 13.4 Å². The molecule has 13 rings (SSSR count). The van der Waals surface area contributed by atoms with Crippen molar-refractivity contribution in [2.45, 2.75) is 0 Å². The van der Waals surface area contributed by atoms with Crippen molar-refractivity contribution in [2.24, 2.45) is 0 Å². The number of hydrogen-bond donors (Lipinski definition) is 0. The minimum atomic E-state index is -0.0361. The molecule has 4 nitrogen and oxygen atoms in total. The molecule has 0 aliphatic carbocycles. The van der Waals surface area contributed by atoms with Crippen LogP contribution in [0.1, 0.15) is 0 Å². The Hall–Kier alpha value is -6.91. The molecule has 0 bridgehead atoms. The van der Waals surface area contributed by atoms with Crippen LogP contribution in [-0.4, -0.2) is 13.4 Å². The van der Waals surface area contributed by atoms with E-state index >= 15 is 0 Å². The Morgan fingerprint density at radius 1 is 0.296 bits per heavy atom. The molecule has 9 aromatic rings. The van der Waals surface area contributed by atoms with Crippen LogP contribution in [0.2, 0.25) is 0 Å². The molecule has 0 atom stereocenters. The van der Waals surface area contributed by atoms with Gasteiger partial charge in [0.05, 0.1) is 0 Å². The molecule has 4 aliphatic heterocycles. The zero-order chi connectivity index (χ0) is 35.1. The highest BCUT2D eigenvalue weighted by Crippen LogP contribution is 2.43. The summed E-state index contributed by atoms with van der Waals surface area (Å²) in [6.45, 7) is -0.0444. The van der Waals surface area contributed by atoms with Crippen molar-refractivity contribution in [3.8, 4) is 57.1 Å². The molecule has 0 spiro atoms. The summed E-state index contributed by atoms with van der Waals surface area (Å²) in [5.74, 6) is 6.91. The Bertz CT molecular complexity index is 3140. The second kappa shape index (κ2) is 10.4. The Morgan fingerprint density at radius 3 is 1.67 bits per heavy atom. The molecule has 0 radical (unpaired) electrons. The second-order valence-corrected chi connectivity index (χ2v) is 14.7. The van der Waals surface area contributed by atoms with Gasteiger partial charge in [-0.15, -0.1) is 0 Å². The molecular weight excluding hydrogens is 662 g/mol. The first-order valence-electron chi connectivity index (χ1n) is 18.5. The Labute approximate surface area is 311 Å². The van der Waals surface area contributed by atoms with Gasteiger partial charge < -0.3 is 18.9 Å². The van der Waals surface area contributed by atoms with Crippen molar-refractivity contribution >= 4 is 78.5 Å². The van der Waals surface area contributed by atoms with E-state index in [-0.39, 0.29) is 13.4 Å². The van der Waals surface area contributed by atoms with E-state index in [2.05, 4.69) is 140 Å². The van der Waals surface area contributed by atoms with Gasteiger partial charge in [-0.25, -0.2) is 0 Å². The summed E-state index contributed by atoms with van der Waals surface area (Å²) in [7, 11) is 0. The largest absolute Gasteiger partial charge is 0.458 e. The van der Waals surface area contributed by atoms with Crippen LogP contribution in [0.5, 0.6) is 46.0 Å². The van der Waals surface area contributed by atoms with Crippen LogP contribution in [0.3, 0.4) is 0 Å². The quantitative estimate of drug-likeness (QED) is 0.129. The van der Waals surface area contributed by atoms with Gasteiger partial charge in [-0.2, -0.15) is 0 Å². The smallest absolute Gasteiger partial charge is 0.261 e.